The van der Waals surface area contributed by atoms with Gasteiger partial charge in [-0.15, -0.1) is 0 Å². The normalized spacial score (nSPS) is 23.3. The summed E-state index contributed by atoms with van der Waals surface area (Å²) in [6.45, 7) is 3.80. The van der Waals surface area contributed by atoms with Crippen LogP contribution >= 0.6 is 11.6 Å². The molecule has 3 atom stereocenters. The van der Waals surface area contributed by atoms with E-state index in [1.54, 1.807) is 42.5 Å². The smallest absolute Gasteiger partial charge is 0.255 e. The van der Waals surface area contributed by atoms with Crippen LogP contribution in [0.5, 0.6) is 0 Å². The average molecular weight is 409 g/mol. The molecule has 3 amide bonds. The van der Waals surface area contributed by atoms with Gasteiger partial charge in [0.15, 0.2) is 0 Å². The highest BCUT2D eigenvalue weighted by atomic mass is 35.5. The summed E-state index contributed by atoms with van der Waals surface area (Å²) < 4.78 is 0. The van der Waals surface area contributed by atoms with Crippen LogP contribution in [0.4, 0.5) is 11.4 Å². The number of imide groups is 1. The molecule has 1 saturated heterocycles. The second-order valence-electron chi connectivity index (χ2n) is 7.58. The van der Waals surface area contributed by atoms with Gasteiger partial charge in [0, 0.05) is 16.3 Å². The molecule has 1 aliphatic heterocycles. The molecule has 4 rings (SSSR count). The number of amides is 3. The highest BCUT2D eigenvalue weighted by molar-refractivity contribution is 6.31. The molecule has 1 N–H and O–H groups in total. The maximum Gasteiger partial charge on any atom is 0.255 e. The first-order valence-electron chi connectivity index (χ1n) is 9.59. The molecule has 2 aromatic carbocycles. The van der Waals surface area contributed by atoms with Gasteiger partial charge < -0.3 is 5.32 Å². The first-order valence-corrected chi connectivity index (χ1v) is 9.97. The fourth-order valence-corrected chi connectivity index (χ4v) is 4.28. The van der Waals surface area contributed by atoms with Crippen molar-refractivity contribution in [3.63, 3.8) is 0 Å². The number of hydrogen-bond acceptors (Lipinski definition) is 3. The molecule has 2 aliphatic rings. The number of anilines is 2. The molecular formula is C23H21ClN2O3. The summed E-state index contributed by atoms with van der Waals surface area (Å²) in [6.07, 6.45) is 4.57. The molecular weight excluding hydrogens is 388 g/mol. The van der Waals surface area contributed by atoms with Gasteiger partial charge in [-0.1, -0.05) is 36.7 Å². The summed E-state index contributed by atoms with van der Waals surface area (Å²) in [6, 6.07) is 11.8. The van der Waals surface area contributed by atoms with Crippen molar-refractivity contribution in [2.75, 3.05) is 10.2 Å². The van der Waals surface area contributed by atoms with Crippen molar-refractivity contribution in [3.8, 4) is 0 Å². The van der Waals surface area contributed by atoms with Crippen molar-refractivity contribution in [1.82, 2.24) is 0 Å². The maximum absolute atomic E-state index is 12.9. The van der Waals surface area contributed by atoms with Crippen LogP contribution in [-0.4, -0.2) is 17.7 Å². The molecule has 0 radical (unpaired) electrons. The Morgan fingerprint density at radius 3 is 2.52 bits per heavy atom. The van der Waals surface area contributed by atoms with E-state index in [9.17, 15) is 14.4 Å². The van der Waals surface area contributed by atoms with E-state index in [1.807, 2.05) is 26.0 Å². The Balaban J connectivity index is 1.54. The molecule has 5 nitrogen and oxygen atoms in total. The molecule has 148 valence electrons. The van der Waals surface area contributed by atoms with Gasteiger partial charge in [0.05, 0.1) is 17.5 Å². The largest absolute Gasteiger partial charge is 0.322 e. The summed E-state index contributed by atoms with van der Waals surface area (Å²) in [4.78, 5) is 39.5. The van der Waals surface area contributed by atoms with Crippen molar-refractivity contribution in [2.24, 2.45) is 17.8 Å². The fourth-order valence-electron chi connectivity index (χ4n) is 4.10. The number of allylic oxidation sites excluding steroid dienone is 2. The second kappa shape index (κ2) is 7.48. The van der Waals surface area contributed by atoms with Crippen LogP contribution < -0.4 is 10.2 Å². The lowest BCUT2D eigenvalue weighted by Gasteiger charge is -2.22. The Kier molecular flexibility index (Phi) is 5.01. The zero-order chi connectivity index (χ0) is 20.7. The van der Waals surface area contributed by atoms with Crippen molar-refractivity contribution < 1.29 is 14.4 Å². The van der Waals surface area contributed by atoms with Crippen LogP contribution in [0.3, 0.4) is 0 Å². The third-order valence-electron chi connectivity index (χ3n) is 5.78. The summed E-state index contributed by atoms with van der Waals surface area (Å²) in [7, 11) is 0. The molecule has 0 unspecified atom stereocenters. The molecule has 2 aromatic rings. The minimum Gasteiger partial charge on any atom is -0.322 e. The molecule has 0 saturated carbocycles. The number of carbonyl (C=O) groups is 3. The number of nitrogens with zero attached hydrogens (tertiary/aromatic N) is 1. The number of nitrogens with one attached hydrogen (secondary N) is 1. The van der Waals surface area contributed by atoms with Crippen molar-refractivity contribution in [2.45, 2.75) is 20.3 Å². The van der Waals surface area contributed by atoms with Gasteiger partial charge in [-0.05, 0) is 61.2 Å². The van der Waals surface area contributed by atoms with Gasteiger partial charge in [0.1, 0.15) is 0 Å². The Morgan fingerprint density at radius 2 is 1.83 bits per heavy atom. The Bertz CT molecular complexity index is 1030. The predicted octanol–water partition coefficient (Wildman–Crippen LogP) is 4.60. The summed E-state index contributed by atoms with van der Waals surface area (Å²) in [5, 5.41) is 3.42. The van der Waals surface area contributed by atoms with Crippen LogP contribution in [0.2, 0.25) is 5.02 Å². The fraction of sp³-hybridized carbons (Fsp3) is 0.261. The second-order valence-corrected chi connectivity index (χ2v) is 7.99. The highest BCUT2D eigenvalue weighted by Crippen LogP contribution is 2.40. The van der Waals surface area contributed by atoms with E-state index in [4.69, 9.17) is 11.6 Å². The van der Waals surface area contributed by atoms with Gasteiger partial charge in [0.25, 0.3) is 5.91 Å². The van der Waals surface area contributed by atoms with Gasteiger partial charge in [-0.2, -0.15) is 0 Å². The zero-order valence-electron chi connectivity index (χ0n) is 16.2. The molecule has 1 fully saturated rings. The van der Waals surface area contributed by atoms with Crippen LogP contribution in [0.25, 0.3) is 0 Å². The average Bonchev–Trinajstić information content (AvgIpc) is 2.97. The summed E-state index contributed by atoms with van der Waals surface area (Å²) in [5.41, 5.74) is 2.36. The quantitative estimate of drug-likeness (QED) is 0.596. The predicted molar refractivity (Wildman–Crippen MR) is 113 cm³/mol. The summed E-state index contributed by atoms with van der Waals surface area (Å²) >= 11 is 6.10. The maximum atomic E-state index is 12.9. The Labute approximate surface area is 174 Å². The summed E-state index contributed by atoms with van der Waals surface area (Å²) in [5.74, 6) is -1.17. The van der Waals surface area contributed by atoms with E-state index in [-0.39, 0.29) is 35.5 Å². The van der Waals surface area contributed by atoms with Crippen LogP contribution in [0, 0.1) is 24.7 Å². The van der Waals surface area contributed by atoms with Crippen LogP contribution in [0.15, 0.2) is 54.6 Å². The van der Waals surface area contributed by atoms with Crippen LogP contribution in [0.1, 0.15) is 29.3 Å². The number of fused-ring (bicyclic) bond motifs is 1. The number of benzene rings is 2. The molecule has 29 heavy (non-hydrogen) atoms. The molecule has 1 heterocycles. The highest BCUT2D eigenvalue weighted by Gasteiger charge is 2.50. The lowest BCUT2D eigenvalue weighted by molar-refractivity contribution is -0.122. The van der Waals surface area contributed by atoms with Gasteiger partial charge in [-0.25, -0.2) is 0 Å². The molecule has 0 spiro atoms. The zero-order valence-corrected chi connectivity index (χ0v) is 16.9. The first kappa shape index (κ1) is 19.4. The standard InChI is InChI=1S/C23H21ClN2O3/c1-13-5-3-6-17-20(13)23(29)26(22(17)28)16-11-9-15(10-12-16)21(27)25-19-8-4-7-18(24)14(19)2/h3-5,7-13,17,20H,6H2,1-2H3,(H,25,27)/t13-,17-,20+/m1/s1. The molecule has 6 heteroatoms. The van der Waals surface area contributed by atoms with Crippen molar-refractivity contribution in [3.05, 3.63) is 70.8 Å². The number of carbonyl (C=O) groups excluding carboxylic acids is 3. The lowest BCUT2D eigenvalue weighted by atomic mass is 9.78. The third kappa shape index (κ3) is 3.36. The first-order chi connectivity index (χ1) is 13.9. The van der Waals surface area contributed by atoms with Gasteiger partial charge in [-0.3, -0.25) is 19.3 Å². The Morgan fingerprint density at radius 1 is 1.10 bits per heavy atom. The van der Waals surface area contributed by atoms with E-state index in [2.05, 4.69) is 5.32 Å². The minimum atomic E-state index is -0.304. The van der Waals surface area contributed by atoms with E-state index < -0.39 is 0 Å². The minimum absolute atomic E-state index is 0.0428. The van der Waals surface area contributed by atoms with E-state index >= 15 is 0 Å². The third-order valence-corrected chi connectivity index (χ3v) is 6.19. The Hall–Kier alpha value is -2.92. The topological polar surface area (TPSA) is 66.5 Å². The van der Waals surface area contributed by atoms with E-state index in [0.29, 0.717) is 28.4 Å². The van der Waals surface area contributed by atoms with Crippen molar-refractivity contribution in [1.29, 1.82) is 0 Å². The number of rotatable bonds is 3. The molecule has 0 bridgehead atoms. The number of halogens is 1. The van der Waals surface area contributed by atoms with Gasteiger partial charge >= 0.3 is 0 Å². The lowest BCUT2D eigenvalue weighted by Crippen LogP contribution is -2.31. The SMILES string of the molecule is Cc1c(Cl)cccc1NC(=O)c1ccc(N2C(=O)[C@H]3[C@H](C)C=CC[C@H]3C2=O)cc1. The van der Waals surface area contributed by atoms with Gasteiger partial charge in [0.2, 0.25) is 11.8 Å². The molecule has 1 aliphatic carbocycles. The van der Waals surface area contributed by atoms with E-state index in [1.165, 1.54) is 4.90 Å². The monoisotopic (exact) mass is 408 g/mol. The van der Waals surface area contributed by atoms with Crippen molar-refractivity contribution >= 4 is 40.7 Å². The van der Waals surface area contributed by atoms with E-state index in [0.717, 1.165) is 5.56 Å². The van der Waals surface area contributed by atoms with Crippen LogP contribution in [-0.2, 0) is 9.59 Å². The number of hydrogen-bond donors (Lipinski definition) is 1. The molecule has 0 aromatic heterocycles.